The summed E-state index contributed by atoms with van der Waals surface area (Å²) >= 11 is 0. The van der Waals surface area contributed by atoms with Crippen LogP contribution in [0.15, 0.2) is 0 Å². The molecule has 0 spiro atoms. The molecule has 10 heteroatoms. The number of aliphatic carboxylic acids is 1. The van der Waals surface area contributed by atoms with Crippen molar-refractivity contribution in [1.82, 2.24) is 0 Å². The van der Waals surface area contributed by atoms with Crippen LogP contribution in [-0.4, -0.2) is 36.8 Å². The minimum absolute atomic E-state index is 0. The third-order valence-electron chi connectivity index (χ3n) is 4.22. The molecule has 0 rings (SSSR count). The standard InChI is InChI=1S/C18H34O7S.2Na/c1-2-3-4-5-6-7-8-9-10-11-12-13-14-25-17(19)15-16(18(20)21)26(22,23)24;;/h16H,2-15H2,1H3,(H,20,21)(H,22,23,24);;/q;2*+1/p-2. The van der Waals surface area contributed by atoms with Crippen LogP contribution in [0.4, 0.5) is 0 Å². The summed E-state index contributed by atoms with van der Waals surface area (Å²) in [7, 11) is -5.13. The molecule has 1 unspecified atom stereocenters. The van der Waals surface area contributed by atoms with Crippen molar-refractivity contribution in [2.45, 2.75) is 95.6 Å². The minimum atomic E-state index is -5.13. The topological polar surface area (TPSA) is 124 Å². The zero-order chi connectivity index (χ0) is 19.8. The van der Waals surface area contributed by atoms with E-state index in [2.05, 4.69) is 6.92 Å². The van der Waals surface area contributed by atoms with E-state index in [0.29, 0.717) is 6.42 Å². The molecule has 0 aromatic rings. The van der Waals surface area contributed by atoms with Gasteiger partial charge in [-0.05, 0) is 6.42 Å². The molecule has 0 aliphatic heterocycles. The molecule has 0 saturated heterocycles. The van der Waals surface area contributed by atoms with Crippen molar-refractivity contribution in [3.63, 3.8) is 0 Å². The summed E-state index contributed by atoms with van der Waals surface area (Å²) in [5.41, 5.74) is 0. The van der Waals surface area contributed by atoms with Gasteiger partial charge in [0.2, 0.25) is 0 Å². The normalized spacial score (nSPS) is 11.8. The fraction of sp³-hybridized carbons (Fsp3) is 0.889. The van der Waals surface area contributed by atoms with Crippen molar-refractivity contribution in [2.75, 3.05) is 6.61 Å². The van der Waals surface area contributed by atoms with Crippen LogP contribution in [0.5, 0.6) is 0 Å². The molecule has 0 amide bonds. The number of carboxylic acids is 1. The Bertz CT molecular complexity index is 498. The Morgan fingerprint density at radius 1 is 0.821 bits per heavy atom. The molecule has 0 aliphatic rings. The summed E-state index contributed by atoms with van der Waals surface area (Å²) in [6, 6.07) is 0. The van der Waals surface area contributed by atoms with Crippen LogP contribution in [0, 0.1) is 0 Å². The second-order valence-electron chi connectivity index (χ2n) is 6.61. The second kappa shape index (κ2) is 21.1. The molecule has 1 atom stereocenters. The summed E-state index contributed by atoms with van der Waals surface area (Å²) in [6.45, 7) is 2.30. The number of carboxylic acid groups (broad SMARTS) is 1. The van der Waals surface area contributed by atoms with Crippen LogP contribution < -0.4 is 64.2 Å². The van der Waals surface area contributed by atoms with E-state index in [9.17, 15) is 27.7 Å². The molecule has 28 heavy (non-hydrogen) atoms. The number of rotatable bonds is 17. The molecule has 0 aliphatic carbocycles. The molecule has 0 aromatic carbocycles. The van der Waals surface area contributed by atoms with E-state index in [0.717, 1.165) is 19.3 Å². The first-order valence-corrected chi connectivity index (χ1v) is 11.1. The Hall–Kier alpha value is 0.850. The molecule has 154 valence electrons. The Morgan fingerprint density at radius 2 is 1.21 bits per heavy atom. The molecule has 0 heterocycles. The third kappa shape index (κ3) is 20.1. The van der Waals surface area contributed by atoms with Gasteiger partial charge in [0, 0.05) is 0 Å². The van der Waals surface area contributed by atoms with E-state index in [1.165, 1.54) is 51.4 Å². The SMILES string of the molecule is CCCCCCCCCCCCCCOC(=O)CC(C(=O)[O-])S(=O)(=O)[O-].[Na+].[Na+]. The van der Waals surface area contributed by atoms with Gasteiger partial charge in [0.25, 0.3) is 0 Å². The maximum Gasteiger partial charge on any atom is 1.00 e. The third-order valence-corrected chi connectivity index (χ3v) is 5.28. The first kappa shape index (κ1) is 33.5. The zero-order valence-electron chi connectivity index (χ0n) is 17.7. The van der Waals surface area contributed by atoms with Crippen molar-refractivity contribution in [1.29, 1.82) is 0 Å². The Balaban J connectivity index is -0.00000312. The molecular formula is C18H32Na2O7S. The van der Waals surface area contributed by atoms with Gasteiger partial charge in [-0.3, -0.25) is 4.79 Å². The van der Waals surface area contributed by atoms with Gasteiger partial charge in [-0.1, -0.05) is 77.6 Å². The van der Waals surface area contributed by atoms with Gasteiger partial charge in [0.05, 0.1) is 24.2 Å². The molecule has 7 nitrogen and oxygen atoms in total. The fourth-order valence-electron chi connectivity index (χ4n) is 2.64. The number of carbonyl (C=O) groups excluding carboxylic acids is 2. The number of hydrogen-bond acceptors (Lipinski definition) is 7. The number of esters is 1. The van der Waals surface area contributed by atoms with Crippen LogP contribution in [0.25, 0.3) is 0 Å². The first-order chi connectivity index (χ1) is 12.3. The summed E-state index contributed by atoms with van der Waals surface area (Å²) in [4.78, 5) is 22.0. The van der Waals surface area contributed by atoms with E-state index >= 15 is 0 Å². The minimum Gasteiger partial charge on any atom is -0.747 e. The zero-order valence-corrected chi connectivity index (χ0v) is 22.6. The molecule has 0 aromatic heterocycles. The molecule has 0 N–H and O–H groups in total. The van der Waals surface area contributed by atoms with Crippen molar-refractivity contribution >= 4 is 22.1 Å². The number of carbonyl (C=O) groups is 2. The maximum absolute atomic E-state index is 11.4. The van der Waals surface area contributed by atoms with Crippen LogP contribution in [0.1, 0.15) is 90.4 Å². The van der Waals surface area contributed by atoms with Crippen LogP contribution in [0.2, 0.25) is 0 Å². The predicted octanol–water partition coefficient (Wildman–Crippen LogP) is -3.71. The quantitative estimate of drug-likeness (QED) is 0.0991. The summed E-state index contributed by atoms with van der Waals surface area (Å²) in [6.07, 6.45) is 12.9. The van der Waals surface area contributed by atoms with Crippen molar-refractivity contribution in [3.8, 4) is 0 Å². The average Bonchev–Trinajstić information content (AvgIpc) is 2.55. The second-order valence-corrected chi connectivity index (χ2v) is 8.17. The molecule has 0 fully saturated rings. The van der Waals surface area contributed by atoms with Gasteiger partial charge in [-0.15, -0.1) is 0 Å². The van der Waals surface area contributed by atoms with Gasteiger partial charge in [-0.25, -0.2) is 8.42 Å². The molecule has 0 bridgehead atoms. The van der Waals surface area contributed by atoms with Gasteiger partial charge >= 0.3 is 65.1 Å². The fourth-order valence-corrected chi connectivity index (χ4v) is 3.22. The summed E-state index contributed by atoms with van der Waals surface area (Å²) in [5, 5.41) is 8.18. The van der Waals surface area contributed by atoms with Crippen LogP contribution >= 0.6 is 0 Å². The van der Waals surface area contributed by atoms with Gasteiger partial charge in [0.1, 0.15) is 10.1 Å². The van der Waals surface area contributed by atoms with Crippen molar-refractivity contribution in [2.24, 2.45) is 0 Å². The van der Waals surface area contributed by atoms with E-state index in [-0.39, 0.29) is 65.7 Å². The van der Waals surface area contributed by atoms with Gasteiger partial charge in [0.15, 0.2) is 0 Å². The number of hydrogen-bond donors (Lipinski definition) is 0. The van der Waals surface area contributed by atoms with Crippen LogP contribution in [0.3, 0.4) is 0 Å². The van der Waals surface area contributed by atoms with Crippen molar-refractivity contribution < 1.29 is 91.5 Å². The Kier molecular flexibility index (Phi) is 25.2. The average molecular weight is 438 g/mol. The van der Waals surface area contributed by atoms with Crippen molar-refractivity contribution in [3.05, 3.63) is 0 Å². The largest absolute Gasteiger partial charge is 1.00 e. The Labute approximate surface area is 214 Å². The van der Waals surface area contributed by atoms with Gasteiger partial charge < -0.3 is 19.2 Å². The van der Waals surface area contributed by atoms with Gasteiger partial charge in [-0.2, -0.15) is 0 Å². The smallest absolute Gasteiger partial charge is 0.747 e. The summed E-state index contributed by atoms with van der Waals surface area (Å²) < 4.78 is 36.9. The van der Waals surface area contributed by atoms with Crippen LogP contribution in [-0.2, 0) is 24.4 Å². The predicted molar refractivity (Wildman–Crippen MR) is 95.1 cm³/mol. The maximum atomic E-state index is 11.4. The van der Waals surface area contributed by atoms with E-state index < -0.39 is 33.7 Å². The Morgan fingerprint density at radius 3 is 1.57 bits per heavy atom. The summed E-state index contributed by atoms with van der Waals surface area (Å²) in [5.74, 6) is -3.09. The first-order valence-electron chi connectivity index (χ1n) is 9.60. The monoisotopic (exact) mass is 438 g/mol. The number of unbranched alkanes of at least 4 members (excludes halogenated alkanes) is 11. The van der Waals surface area contributed by atoms with E-state index in [1.807, 2.05) is 0 Å². The van der Waals surface area contributed by atoms with E-state index in [4.69, 9.17) is 4.74 Å². The molecular weight excluding hydrogens is 406 g/mol. The van der Waals surface area contributed by atoms with E-state index in [1.54, 1.807) is 0 Å². The molecule has 0 radical (unpaired) electrons. The number of ether oxygens (including phenoxy) is 1. The molecule has 0 saturated carbocycles.